The lowest BCUT2D eigenvalue weighted by molar-refractivity contribution is -0.122. The zero-order chi connectivity index (χ0) is 19.4. The van der Waals surface area contributed by atoms with E-state index in [-0.39, 0.29) is 24.2 Å². The first-order valence-corrected chi connectivity index (χ1v) is 9.42. The molecule has 2 aromatic carbocycles. The van der Waals surface area contributed by atoms with Gasteiger partial charge in [0.05, 0.1) is 12.5 Å². The minimum absolute atomic E-state index is 0.0329. The summed E-state index contributed by atoms with van der Waals surface area (Å²) in [4.78, 5) is 26.6. The van der Waals surface area contributed by atoms with Gasteiger partial charge < -0.3 is 15.0 Å². The number of nitrogens with zero attached hydrogens (tertiary/aromatic N) is 1. The zero-order valence-electron chi connectivity index (χ0n) is 16.1. The summed E-state index contributed by atoms with van der Waals surface area (Å²) in [6.07, 6.45) is 0.225. The van der Waals surface area contributed by atoms with E-state index >= 15 is 0 Å². The fourth-order valence-electron chi connectivity index (χ4n) is 3.22. The number of amides is 2. The third kappa shape index (κ3) is 4.48. The highest BCUT2D eigenvalue weighted by atomic mass is 16.5. The van der Waals surface area contributed by atoms with Crippen LogP contribution in [-0.4, -0.2) is 25.0 Å². The topological polar surface area (TPSA) is 58.6 Å². The van der Waals surface area contributed by atoms with Crippen molar-refractivity contribution in [2.75, 3.05) is 23.4 Å². The first-order valence-electron chi connectivity index (χ1n) is 9.42. The quantitative estimate of drug-likeness (QED) is 0.833. The maximum absolute atomic E-state index is 12.6. The van der Waals surface area contributed by atoms with Crippen molar-refractivity contribution >= 4 is 23.2 Å². The molecule has 142 valence electrons. The number of carbonyl (C=O) groups excluding carboxylic acids is 2. The van der Waals surface area contributed by atoms with Gasteiger partial charge in [-0.15, -0.1) is 0 Å². The van der Waals surface area contributed by atoms with Gasteiger partial charge in [-0.3, -0.25) is 9.59 Å². The number of anilines is 2. The molecule has 5 nitrogen and oxygen atoms in total. The van der Waals surface area contributed by atoms with E-state index in [0.717, 1.165) is 17.1 Å². The molecule has 1 aliphatic rings. The Morgan fingerprint density at radius 3 is 2.41 bits per heavy atom. The van der Waals surface area contributed by atoms with Crippen LogP contribution in [0.1, 0.15) is 38.7 Å². The minimum Gasteiger partial charge on any atom is -0.494 e. The van der Waals surface area contributed by atoms with Gasteiger partial charge in [0.25, 0.3) is 0 Å². The highest BCUT2D eigenvalue weighted by molar-refractivity contribution is 6.03. The Morgan fingerprint density at radius 2 is 1.81 bits per heavy atom. The molecular formula is C22H26N2O3. The van der Waals surface area contributed by atoms with Gasteiger partial charge in [-0.25, -0.2) is 0 Å². The highest BCUT2D eigenvalue weighted by Crippen LogP contribution is 2.28. The summed E-state index contributed by atoms with van der Waals surface area (Å²) in [5.74, 6) is 0.717. The molecule has 0 unspecified atom stereocenters. The molecule has 1 atom stereocenters. The first-order chi connectivity index (χ1) is 13.0. The van der Waals surface area contributed by atoms with Crippen LogP contribution in [0.4, 0.5) is 11.4 Å². The molecule has 1 fully saturated rings. The first kappa shape index (κ1) is 19.0. The van der Waals surface area contributed by atoms with E-state index in [0.29, 0.717) is 19.1 Å². The van der Waals surface area contributed by atoms with Crippen LogP contribution in [0, 0.1) is 5.92 Å². The average molecular weight is 366 g/mol. The fraction of sp³-hybridized carbons (Fsp3) is 0.364. The maximum Gasteiger partial charge on any atom is 0.229 e. The Hall–Kier alpha value is -2.82. The average Bonchev–Trinajstić information content (AvgIpc) is 3.05. The third-order valence-electron chi connectivity index (χ3n) is 4.80. The van der Waals surface area contributed by atoms with E-state index in [1.165, 1.54) is 5.56 Å². The van der Waals surface area contributed by atoms with Crippen molar-refractivity contribution in [3.8, 4) is 5.75 Å². The van der Waals surface area contributed by atoms with Crippen LogP contribution in [-0.2, 0) is 9.59 Å². The summed E-state index contributed by atoms with van der Waals surface area (Å²) in [5, 5.41) is 2.93. The van der Waals surface area contributed by atoms with Crippen LogP contribution in [0.5, 0.6) is 5.75 Å². The van der Waals surface area contributed by atoms with E-state index in [4.69, 9.17) is 4.74 Å². The van der Waals surface area contributed by atoms with Crippen molar-refractivity contribution in [3.63, 3.8) is 0 Å². The number of hydrogen-bond acceptors (Lipinski definition) is 3. The molecule has 5 heteroatoms. The number of nitrogens with one attached hydrogen (secondary N) is 1. The second-order valence-electron chi connectivity index (χ2n) is 7.10. The summed E-state index contributed by atoms with van der Waals surface area (Å²) < 4.78 is 5.43. The molecule has 0 spiro atoms. The molecule has 27 heavy (non-hydrogen) atoms. The van der Waals surface area contributed by atoms with Crippen LogP contribution in [0.2, 0.25) is 0 Å². The predicted octanol–water partition coefficient (Wildman–Crippen LogP) is 4.20. The monoisotopic (exact) mass is 366 g/mol. The molecule has 2 amide bonds. The summed E-state index contributed by atoms with van der Waals surface area (Å²) in [5.41, 5.74) is 2.78. The van der Waals surface area contributed by atoms with Gasteiger partial charge >= 0.3 is 0 Å². The molecule has 0 bridgehead atoms. The Labute approximate surface area is 160 Å². The molecule has 1 N–H and O–H groups in total. The smallest absolute Gasteiger partial charge is 0.229 e. The summed E-state index contributed by atoms with van der Waals surface area (Å²) in [6, 6.07) is 15.3. The Bertz CT molecular complexity index is 797. The Kier molecular flexibility index (Phi) is 5.79. The van der Waals surface area contributed by atoms with E-state index < -0.39 is 0 Å². The third-order valence-corrected chi connectivity index (χ3v) is 4.80. The molecule has 1 heterocycles. The van der Waals surface area contributed by atoms with Gasteiger partial charge in [-0.2, -0.15) is 0 Å². The van der Waals surface area contributed by atoms with E-state index in [9.17, 15) is 9.59 Å². The number of carbonyl (C=O) groups is 2. The summed E-state index contributed by atoms with van der Waals surface area (Å²) in [6.45, 7) is 7.18. The van der Waals surface area contributed by atoms with E-state index in [1.807, 2.05) is 55.5 Å². The van der Waals surface area contributed by atoms with Gasteiger partial charge in [-0.05, 0) is 54.8 Å². The Morgan fingerprint density at radius 1 is 1.15 bits per heavy atom. The van der Waals surface area contributed by atoms with Gasteiger partial charge in [0.2, 0.25) is 11.8 Å². The number of hydrogen-bond donors (Lipinski definition) is 1. The summed E-state index contributed by atoms with van der Waals surface area (Å²) >= 11 is 0. The van der Waals surface area contributed by atoms with Gasteiger partial charge in [0.1, 0.15) is 5.75 Å². The number of rotatable bonds is 6. The lowest BCUT2D eigenvalue weighted by Crippen LogP contribution is -2.28. The zero-order valence-corrected chi connectivity index (χ0v) is 16.1. The lowest BCUT2D eigenvalue weighted by Gasteiger charge is -2.17. The van der Waals surface area contributed by atoms with Gasteiger partial charge in [0.15, 0.2) is 0 Å². The van der Waals surface area contributed by atoms with Crippen LogP contribution in [0.15, 0.2) is 48.5 Å². The van der Waals surface area contributed by atoms with Crippen molar-refractivity contribution in [2.24, 2.45) is 5.92 Å². The fourth-order valence-corrected chi connectivity index (χ4v) is 3.22. The minimum atomic E-state index is -0.353. The summed E-state index contributed by atoms with van der Waals surface area (Å²) in [7, 11) is 0. The van der Waals surface area contributed by atoms with Crippen LogP contribution in [0.25, 0.3) is 0 Å². The molecule has 0 aromatic heterocycles. The highest BCUT2D eigenvalue weighted by Gasteiger charge is 2.35. The largest absolute Gasteiger partial charge is 0.494 e. The second-order valence-corrected chi connectivity index (χ2v) is 7.10. The van der Waals surface area contributed by atoms with Gasteiger partial charge in [0, 0.05) is 24.3 Å². The molecule has 3 rings (SSSR count). The second kappa shape index (κ2) is 8.25. The van der Waals surface area contributed by atoms with Crippen LogP contribution >= 0.6 is 0 Å². The lowest BCUT2D eigenvalue weighted by atomic mass is 10.0. The van der Waals surface area contributed by atoms with E-state index in [1.54, 1.807) is 4.90 Å². The molecule has 0 saturated carbocycles. The number of ether oxygens (including phenoxy) is 1. The molecule has 1 aliphatic heterocycles. The van der Waals surface area contributed by atoms with Crippen molar-refractivity contribution in [3.05, 3.63) is 54.1 Å². The maximum atomic E-state index is 12.6. The van der Waals surface area contributed by atoms with Crippen molar-refractivity contribution in [1.82, 2.24) is 0 Å². The van der Waals surface area contributed by atoms with Gasteiger partial charge in [-0.1, -0.05) is 26.0 Å². The van der Waals surface area contributed by atoms with Crippen molar-refractivity contribution in [2.45, 2.75) is 33.1 Å². The normalized spacial score (nSPS) is 16.7. The van der Waals surface area contributed by atoms with Crippen molar-refractivity contribution < 1.29 is 14.3 Å². The molecular weight excluding hydrogens is 340 g/mol. The molecule has 1 saturated heterocycles. The standard InChI is InChI=1S/C22H26N2O3/c1-4-27-20-11-9-19(10-12-20)24-14-17(13-21(24)25)22(26)23-18-7-5-16(6-8-18)15(2)3/h5-12,15,17H,4,13-14H2,1-3H3,(H,23,26)/t17-/m0/s1. The van der Waals surface area contributed by atoms with Crippen LogP contribution < -0.4 is 15.0 Å². The number of benzene rings is 2. The van der Waals surface area contributed by atoms with Crippen LogP contribution in [0.3, 0.4) is 0 Å². The SMILES string of the molecule is CCOc1ccc(N2C[C@@H](C(=O)Nc3ccc(C(C)C)cc3)CC2=O)cc1. The Balaban J connectivity index is 1.63. The molecule has 2 aromatic rings. The molecule has 0 aliphatic carbocycles. The van der Waals surface area contributed by atoms with Crippen molar-refractivity contribution in [1.29, 1.82) is 0 Å². The predicted molar refractivity (Wildman–Crippen MR) is 107 cm³/mol. The van der Waals surface area contributed by atoms with E-state index in [2.05, 4.69) is 19.2 Å². The molecule has 0 radical (unpaired) electrons.